The number of halogens is 4. The fraction of sp³-hybridized carbons (Fsp3) is 0.318. The maximum absolute atomic E-state index is 14.7. The third-order valence-corrected chi connectivity index (χ3v) is 5.10. The van der Waals surface area contributed by atoms with E-state index in [4.69, 9.17) is 5.26 Å². The van der Waals surface area contributed by atoms with Gasteiger partial charge in [0.25, 0.3) is 0 Å². The van der Waals surface area contributed by atoms with Crippen molar-refractivity contribution in [3.05, 3.63) is 64.7 Å². The third kappa shape index (κ3) is 3.75. The number of nitrogens with zero attached hydrogens (tertiary/aromatic N) is 1. The fourth-order valence-electron chi connectivity index (χ4n) is 3.66. The predicted molar refractivity (Wildman–Crippen MR) is 96.7 cm³/mol. The van der Waals surface area contributed by atoms with Gasteiger partial charge in [-0.25, -0.2) is 17.6 Å². The highest BCUT2D eigenvalue weighted by atomic mass is 19.2. The molecule has 1 atom stereocenters. The van der Waals surface area contributed by atoms with Crippen LogP contribution < -0.4 is 0 Å². The molecule has 0 aliphatic heterocycles. The molecule has 0 amide bonds. The fourth-order valence-corrected chi connectivity index (χ4v) is 3.66. The second-order valence-electron chi connectivity index (χ2n) is 6.87. The molecule has 0 saturated heterocycles. The van der Waals surface area contributed by atoms with E-state index in [1.807, 2.05) is 6.08 Å². The smallest absolute Gasteiger partial charge is 0.170 e. The first kappa shape index (κ1) is 19.2. The van der Waals surface area contributed by atoms with Crippen LogP contribution in [0, 0.1) is 40.5 Å². The van der Waals surface area contributed by atoms with Gasteiger partial charge < -0.3 is 0 Å². The second-order valence-corrected chi connectivity index (χ2v) is 6.87. The van der Waals surface area contributed by atoms with Gasteiger partial charge in [0.1, 0.15) is 17.7 Å². The van der Waals surface area contributed by atoms with Gasteiger partial charge in [-0.05, 0) is 54.5 Å². The zero-order valence-electron chi connectivity index (χ0n) is 15.0. The summed E-state index contributed by atoms with van der Waals surface area (Å²) >= 11 is 0. The van der Waals surface area contributed by atoms with Crippen molar-refractivity contribution in [2.45, 2.75) is 39.0 Å². The number of benzene rings is 2. The molecule has 2 aromatic carbocycles. The molecule has 140 valence electrons. The maximum Gasteiger partial charge on any atom is 0.170 e. The van der Waals surface area contributed by atoms with E-state index in [9.17, 15) is 17.6 Å². The molecule has 5 heteroatoms. The Balaban J connectivity index is 2.00. The summed E-state index contributed by atoms with van der Waals surface area (Å²) in [6.07, 6.45) is 6.23. The molecular formula is C22H19F4N. The third-order valence-electron chi connectivity index (χ3n) is 5.10. The summed E-state index contributed by atoms with van der Waals surface area (Å²) in [5, 5.41) is 8.76. The van der Waals surface area contributed by atoms with Crippen molar-refractivity contribution in [3.63, 3.8) is 0 Å². The van der Waals surface area contributed by atoms with E-state index < -0.39 is 28.8 Å². The number of hydrogen-bond acceptors (Lipinski definition) is 1. The van der Waals surface area contributed by atoms with Crippen LogP contribution in [0.15, 0.2) is 30.3 Å². The average molecular weight is 373 g/mol. The van der Waals surface area contributed by atoms with Crippen LogP contribution in [0.25, 0.3) is 16.7 Å². The topological polar surface area (TPSA) is 23.8 Å². The highest BCUT2D eigenvalue weighted by molar-refractivity contribution is 5.73. The number of hydrogen-bond donors (Lipinski definition) is 0. The minimum atomic E-state index is -1.34. The lowest BCUT2D eigenvalue weighted by Gasteiger charge is -2.22. The molecule has 27 heavy (non-hydrogen) atoms. The van der Waals surface area contributed by atoms with Gasteiger partial charge in [0.2, 0.25) is 0 Å². The van der Waals surface area contributed by atoms with Crippen molar-refractivity contribution >= 4 is 5.57 Å². The van der Waals surface area contributed by atoms with Gasteiger partial charge in [0, 0.05) is 5.56 Å². The van der Waals surface area contributed by atoms with Crippen molar-refractivity contribution < 1.29 is 17.6 Å². The molecule has 0 heterocycles. The molecular weight excluding hydrogens is 354 g/mol. The largest absolute Gasteiger partial charge is 0.206 e. The zero-order valence-corrected chi connectivity index (χ0v) is 15.0. The summed E-state index contributed by atoms with van der Waals surface area (Å²) in [5.74, 6) is -3.81. The molecule has 3 rings (SSSR count). The molecule has 0 N–H and O–H groups in total. The first-order valence-electron chi connectivity index (χ1n) is 9.03. The maximum atomic E-state index is 14.7. The van der Waals surface area contributed by atoms with E-state index in [0.717, 1.165) is 43.9 Å². The van der Waals surface area contributed by atoms with Gasteiger partial charge in [0.15, 0.2) is 11.6 Å². The molecule has 0 bridgehead atoms. The van der Waals surface area contributed by atoms with Gasteiger partial charge in [0.05, 0.1) is 11.1 Å². The standard InChI is InChI=1S/C22H19F4N/c1-2-3-13-4-6-14(7-5-13)17-11-19(24)20(22(26)21(17)25)15-8-9-16(12-27)18(23)10-15/h6,8-11,13H,2-5,7H2,1H3. The van der Waals surface area contributed by atoms with E-state index in [1.54, 1.807) is 6.07 Å². The normalized spacial score (nSPS) is 16.7. The van der Waals surface area contributed by atoms with Gasteiger partial charge in [-0.15, -0.1) is 0 Å². The van der Waals surface area contributed by atoms with Crippen molar-refractivity contribution in [1.29, 1.82) is 5.26 Å². The lowest BCUT2D eigenvalue weighted by molar-refractivity contribution is 0.443. The number of nitriles is 1. The van der Waals surface area contributed by atoms with Crippen LogP contribution in [0.5, 0.6) is 0 Å². The molecule has 1 unspecified atom stereocenters. The highest BCUT2D eigenvalue weighted by Crippen LogP contribution is 2.37. The molecule has 1 nitrogen and oxygen atoms in total. The molecule has 0 fully saturated rings. The summed E-state index contributed by atoms with van der Waals surface area (Å²) in [7, 11) is 0. The summed E-state index contributed by atoms with van der Waals surface area (Å²) in [4.78, 5) is 0. The Kier molecular flexibility index (Phi) is 5.65. The SMILES string of the molecule is CCCC1CC=C(c2cc(F)c(-c3ccc(C#N)c(F)c3)c(F)c2F)CC1. The van der Waals surface area contributed by atoms with Gasteiger partial charge >= 0.3 is 0 Å². The molecule has 0 spiro atoms. The Morgan fingerprint density at radius 2 is 1.85 bits per heavy atom. The molecule has 1 aliphatic carbocycles. The minimum Gasteiger partial charge on any atom is -0.206 e. The van der Waals surface area contributed by atoms with Crippen molar-refractivity contribution in [3.8, 4) is 17.2 Å². The quantitative estimate of drug-likeness (QED) is 0.429. The van der Waals surface area contributed by atoms with Crippen LogP contribution in [-0.4, -0.2) is 0 Å². The monoisotopic (exact) mass is 373 g/mol. The summed E-state index contributed by atoms with van der Waals surface area (Å²) < 4.78 is 57.7. The van der Waals surface area contributed by atoms with Crippen molar-refractivity contribution in [2.24, 2.45) is 5.92 Å². The molecule has 2 aromatic rings. The van der Waals surface area contributed by atoms with E-state index in [0.29, 0.717) is 17.9 Å². The van der Waals surface area contributed by atoms with Crippen molar-refractivity contribution in [2.75, 3.05) is 0 Å². The van der Waals surface area contributed by atoms with Gasteiger partial charge in [-0.1, -0.05) is 31.9 Å². The molecule has 1 aliphatic rings. The molecule has 0 saturated carbocycles. The van der Waals surface area contributed by atoms with Crippen LogP contribution in [0.4, 0.5) is 17.6 Å². The molecule has 0 aromatic heterocycles. The first-order valence-corrected chi connectivity index (χ1v) is 9.03. The van der Waals surface area contributed by atoms with Gasteiger partial charge in [-0.2, -0.15) is 5.26 Å². The molecule has 0 radical (unpaired) electrons. The number of rotatable bonds is 4. The van der Waals surface area contributed by atoms with E-state index >= 15 is 0 Å². The highest BCUT2D eigenvalue weighted by Gasteiger charge is 2.24. The first-order chi connectivity index (χ1) is 13.0. The van der Waals surface area contributed by atoms with Crippen LogP contribution in [-0.2, 0) is 0 Å². The lowest BCUT2D eigenvalue weighted by atomic mass is 9.84. The predicted octanol–water partition coefficient (Wildman–Crippen LogP) is 6.77. The Morgan fingerprint density at radius 3 is 2.44 bits per heavy atom. The summed E-state index contributed by atoms with van der Waals surface area (Å²) in [6, 6.07) is 5.78. The van der Waals surface area contributed by atoms with E-state index in [2.05, 4.69) is 6.92 Å². The zero-order chi connectivity index (χ0) is 19.6. The summed E-state index contributed by atoms with van der Waals surface area (Å²) in [6.45, 7) is 2.11. The Morgan fingerprint density at radius 1 is 1.07 bits per heavy atom. The minimum absolute atomic E-state index is 0.0715. The van der Waals surface area contributed by atoms with E-state index in [-0.39, 0.29) is 16.7 Å². The second kappa shape index (κ2) is 7.96. The average Bonchev–Trinajstić information content (AvgIpc) is 2.66. The van der Waals surface area contributed by atoms with Crippen LogP contribution >= 0.6 is 0 Å². The van der Waals surface area contributed by atoms with Crippen LogP contribution in [0.2, 0.25) is 0 Å². The Bertz CT molecular complexity index is 940. The Labute approximate surface area is 155 Å². The van der Waals surface area contributed by atoms with E-state index in [1.165, 1.54) is 6.07 Å². The Hall–Kier alpha value is -2.61. The van der Waals surface area contributed by atoms with Crippen molar-refractivity contribution in [1.82, 2.24) is 0 Å². The lowest BCUT2D eigenvalue weighted by Crippen LogP contribution is -2.07. The van der Waals surface area contributed by atoms with Crippen LogP contribution in [0.3, 0.4) is 0 Å². The van der Waals surface area contributed by atoms with Gasteiger partial charge in [-0.3, -0.25) is 0 Å². The van der Waals surface area contributed by atoms with Crippen LogP contribution in [0.1, 0.15) is 50.2 Å². The summed E-state index contributed by atoms with van der Waals surface area (Å²) in [5.41, 5.74) is -0.480. The number of allylic oxidation sites excluding steroid dienone is 2.